The Balaban J connectivity index is 1.76. The summed E-state index contributed by atoms with van der Waals surface area (Å²) in [6.45, 7) is 1.76. The predicted octanol–water partition coefficient (Wildman–Crippen LogP) is 4.06. The zero-order valence-corrected chi connectivity index (χ0v) is 13.3. The molecule has 3 rings (SSSR count). The molecule has 0 unspecified atom stereocenters. The van der Waals surface area contributed by atoms with E-state index in [1.165, 1.54) is 0 Å². The topological polar surface area (TPSA) is 68.0 Å². The molecule has 3 aromatic rings. The number of carbonyl (C=O) groups excluding carboxylic acids is 1. The number of amides is 1. The van der Waals surface area contributed by atoms with Crippen molar-refractivity contribution in [3.63, 3.8) is 0 Å². The van der Waals surface area contributed by atoms with Gasteiger partial charge in [0.25, 0.3) is 11.8 Å². The number of benzene rings is 2. The number of hydrogen-bond donors (Lipinski definition) is 1. The zero-order valence-electron chi connectivity index (χ0n) is 11.7. The summed E-state index contributed by atoms with van der Waals surface area (Å²) >= 11 is 3.37. The van der Waals surface area contributed by atoms with Crippen molar-refractivity contribution in [1.29, 1.82) is 0 Å². The number of hydrogen-bond acceptors (Lipinski definition) is 4. The second-order valence-corrected chi connectivity index (χ2v) is 5.51. The summed E-state index contributed by atoms with van der Waals surface area (Å²) in [4.78, 5) is 16.4. The van der Waals surface area contributed by atoms with Crippen molar-refractivity contribution in [2.24, 2.45) is 0 Å². The van der Waals surface area contributed by atoms with E-state index in [4.69, 9.17) is 4.52 Å². The molecule has 0 aliphatic heterocycles. The number of halogens is 1. The maximum absolute atomic E-state index is 12.2. The highest BCUT2D eigenvalue weighted by atomic mass is 79.9. The molecule has 1 N–H and O–H groups in total. The normalized spacial score (nSPS) is 10.5. The zero-order chi connectivity index (χ0) is 15.5. The third-order valence-electron chi connectivity index (χ3n) is 3.04. The molecule has 2 aromatic carbocycles. The molecule has 0 bridgehead atoms. The van der Waals surface area contributed by atoms with Crippen LogP contribution in [0.5, 0.6) is 0 Å². The van der Waals surface area contributed by atoms with E-state index >= 15 is 0 Å². The van der Waals surface area contributed by atoms with Crippen molar-refractivity contribution >= 4 is 27.5 Å². The second kappa shape index (κ2) is 6.11. The van der Waals surface area contributed by atoms with Gasteiger partial charge in [0, 0.05) is 15.7 Å². The number of aromatic nitrogens is 2. The minimum absolute atomic E-state index is 0.172. The maximum atomic E-state index is 12.2. The van der Waals surface area contributed by atoms with Gasteiger partial charge in [-0.1, -0.05) is 17.3 Å². The van der Waals surface area contributed by atoms with Gasteiger partial charge in [-0.25, -0.2) is 0 Å². The van der Waals surface area contributed by atoms with E-state index in [9.17, 15) is 4.79 Å². The Bertz CT molecular complexity index is 812. The third kappa shape index (κ3) is 3.07. The van der Waals surface area contributed by atoms with Crippen LogP contribution in [0, 0.1) is 6.92 Å². The number of aryl methyl sites for hydroxylation is 1. The van der Waals surface area contributed by atoms with Crippen LogP contribution in [0.25, 0.3) is 11.5 Å². The fourth-order valence-corrected chi connectivity index (χ4v) is 2.42. The first-order valence-corrected chi connectivity index (χ1v) is 7.39. The number of nitrogens with one attached hydrogen (secondary N) is 1. The van der Waals surface area contributed by atoms with Crippen LogP contribution in [0.3, 0.4) is 0 Å². The summed E-state index contributed by atoms with van der Waals surface area (Å²) in [5, 5.41) is 6.60. The molecule has 0 radical (unpaired) electrons. The lowest BCUT2D eigenvalue weighted by molar-refractivity contribution is 0.102. The second-order valence-electron chi connectivity index (χ2n) is 4.66. The Kier molecular flexibility index (Phi) is 4.02. The molecule has 110 valence electrons. The number of anilines is 1. The molecule has 0 aliphatic rings. The molecule has 6 heteroatoms. The molecule has 0 saturated heterocycles. The fraction of sp³-hybridized carbons (Fsp3) is 0.0625. The van der Waals surface area contributed by atoms with Crippen LogP contribution in [0.2, 0.25) is 0 Å². The smallest absolute Gasteiger partial charge is 0.257 e. The molecule has 1 aromatic heterocycles. The van der Waals surface area contributed by atoms with Crippen molar-refractivity contribution in [3.05, 3.63) is 64.4 Å². The lowest BCUT2D eigenvalue weighted by Crippen LogP contribution is -2.12. The average molecular weight is 358 g/mol. The van der Waals surface area contributed by atoms with E-state index in [-0.39, 0.29) is 5.91 Å². The summed E-state index contributed by atoms with van der Waals surface area (Å²) in [6.07, 6.45) is 0. The first-order valence-electron chi connectivity index (χ1n) is 6.60. The van der Waals surface area contributed by atoms with Gasteiger partial charge in [-0.15, -0.1) is 0 Å². The van der Waals surface area contributed by atoms with Gasteiger partial charge in [0.05, 0.1) is 5.56 Å². The highest BCUT2D eigenvalue weighted by molar-refractivity contribution is 9.10. The molecular formula is C16H12BrN3O2. The Morgan fingerprint density at radius 1 is 1.14 bits per heavy atom. The van der Waals surface area contributed by atoms with Gasteiger partial charge in [-0.05, 0) is 59.3 Å². The Morgan fingerprint density at radius 2 is 1.86 bits per heavy atom. The summed E-state index contributed by atoms with van der Waals surface area (Å²) < 4.78 is 5.86. The van der Waals surface area contributed by atoms with E-state index in [0.29, 0.717) is 23.0 Å². The average Bonchev–Trinajstić information content (AvgIpc) is 2.95. The first-order chi connectivity index (χ1) is 10.6. The molecular weight excluding hydrogens is 346 g/mol. The molecule has 0 saturated carbocycles. The highest BCUT2D eigenvalue weighted by Gasteiger charge is 2.10. The van der Waals surface area contributed by atoms with Gasteiger partial charge in [0.15, 0.2) is 5.82 Å². The fourth-order valence-electron chi connectivity index (χ4n) is 1.95. The van der Waals surface area contributed by atoms with E-state index in [1.807, 2.05) is 30.3 Å². The van der Waals surface area contributed by atoms with Crippen LogP contribution >= 0.6 is 15.9 Å². The molecule has 22 heavy (non-hydrogen) atoms. The maximum Gasteiger partial charge on any atom is 0.257 e. The van der Waals surface area contributed by atoms with Gasteiger partial charge in [0.2, 0.25) is 0 Å². The summed E-state index contributed by atoms with van der Waals surface area (Å²) in [5.74, 6) is 0.872. The van der Waals surface area contributed by atoms with Crippen molar-refractivity contribution in [1.82, 2.24) is 10.1 Å². The minimum Gasteiger partial charge on any atom is -0.334 e. The van der Waals surface area contributed by atoms with Gasteiger partial charge in [-0.3, -0.25) is 4.79 Å². The van der Waals surface area contributed by atoms with Crippen LogP contribution in [0.4, 0.5) is 5.69 Å². The van der Waals surface area contributed by atoms with Crippen LogP contribution in [-0.2, 0) is 0 Å². The standard InChI is InChI=1S/C16H12BrN3O2/c1-10-18-16(22-20-10)11-6-8-12(9-7-11)19-15(21)13-4-2-3-5-14(13)17/h2-9H,1H3,(H,19,21). The van der Waals surface area contributed by atoms with E-state index < -0.39 is 0 Å². The SMILES string of the molecule is Cc1noc(-c2ccc(NC(=O)c3ccccc3Br)cc2)n1. The van der Waals surface area contributed by atoms with Gasteiger partial charge in [0.1, 0.15) is 0 Å². The van der Waals surface area contributed by atoms with Gasteiger partial charge >= 0.3 is 0 Å². The first kappa shape index (κ1) is 14.5. The van der Waals surface area contributed by atoms with E-state index in [2.05, 4.69) is 31.4 Å². The van der Waals surface area contributed by atoms with Crippen LogP contribution < -0.4 is 5.32 Å². The molecule has 1 heterocycles. The van der Waals surface area contributed by atoms with Crippen molar-refractivity contribution in [2.45, 2.75) is 6.92 Å². The Hall–Kier alpha value is -2.47. The Morgan fingerprint density at radius 3 is 2.50 bits per heavy atom. The minimum atomic E-state index is -0.172. The molecule has 0 fully saturated rings. The molecule has 1 amide bonds. The lowest BCUT2D eigenvalue weighted by atomic mass is 10.2. The van der Waals surface area contributed by atoms with Crippen molar-refractivity contribution in [3.8, 4) is 11.5 Å². The summed E-state index contributed by atoms with van der Waals surface area (Å²) in [7, 11) is 0. The molecule has 0 aliphatic carbocycles. The monoisotopic (exact) mass is 357 g/mol. The van der Waals surface area contributed by atoms with E-state index in [1.54, 1.807) is 25.1 Å². The molecule has 0 spiro atoms. The quantitative estimate of drug-likeness (QED) is 0.767. The summed E-state index contributed by atoms with van der Waals surface area (Å²) in [5.41, 5.74) is 2.08. The largest absolute Gasteiger partial charge is 0.334 e. The number of rotatable bonds is 3. The van der Waals surface area contributed by atoms with Gasteiger partial charge in [-0.2, -0.15) is 4.98 Å². The van der Waals surface area contributed by atoms with Crippen LogP contribution in [-0.4, -0.2) is 16.0 Å². The van der Waals surface area contributed by atoms with Crippen LogP contribution in [0.15, 0.2) is 57.5 Å². The molecule has 5 nitrogen and oxygen atoms in total. The third-order valence-corrected chi connectivity index (χ3v) is 3.73. The lowest BCUT2D eigenvalue weighted by Gasteiger charge is -2.07. The Labute approximate surface area is 135 Å². The van der Waals surface area contributed by atoms with Crippen molar-refractivity contribution in [2.75, 3.05) is 5.32 Å². The molecule has 0 atom stereocenters. The predicted molar refractivity (Wildman–Crippen MR) is 86.6 cm³/mol. The van der Waals surface area contributed by atoms with E-state index in [0.717, 1.165) is 10.0 Å². The van der Waals surface area contributed by atoms with Crippen LogP contribution in [0.1, 0.15) is 16.2 Å². The number of nitrogens with zero attached hydrogens (tertiary/aromatic N) is 2. The van der Waals surface area contributed by atoms with Crippen molar-refractivity contribution < 1.29 is 9.32 Å². The van der Waals surface area contributed by atoms with Gasteiger partial charge < -0.3 is 9.84 Å². The summed E-state index contributed by atoms with van der Waals surface area (Å²) in [6, 6.07) is 14.5. The highest BCUT2D eigenvalue weighted by Crippen LogP contribution is 2.21. The number of carbonyl (C=O) groups is 1.